The van der Waals surface area contributed by atoms with E-state index in [4.69, 9.17) is 0 Å². The molecule has 0 spiro atoms. The Morgan fingerprint density at radius 1 is 1.19 bits per heavy atom. The second-order valence-corrected chi connectivity index (χ2v) is 11.6. The predicted octanol–water partition coefficient (Wildman–Crippen LogP) is 3.21. The quantitative estimate of drug-likeness (QED) is 0.420. The van der Waals surface area contributed by atoms with Gasteiger partial charge in [0.15, 0.2) is 5.65 Å². The molecule has 2 amide bonds. The molecule has 0 bridgehead atoms. The summed E-state index contributed by atoms with van der Waals surface area (Å²) in [5.41, 5.74) is 2.85. The van der Waals surface area contributed by atoms with Crippen LogP contribution < -0.4 is 10.2 Å². The van der Waals surface area contributed by atoms with E-state index in [9.17, 15) is 13.2 Å². The van der Waals surface area contributed by atoms with Crippen LogP contribution in [0.2, 0.25) is 0 Å². The molecule has 0 aliphatic carbocycles. The van der Waals surface area contributed by atoms with E-state index in [-0.39, 0.29) is 22.9 Å². The lowest BCUT2D eigenvalue weighted by Gasteiger charge is -2.42. The number of benzene rings is 1. The largest absolute Gasteiger partial charge is 0.354 e. The number of carbonyl (C=O) groups excluding carboxylic acids is 1. The van der Waals surface area contributed by atoms with Crippen molar-refractivity contribution in [2.45, 2.75) is 31.2 Å². The van der Waals surface area contributed by atoms with Crippen molar-refractivity contribution in [2.75, 3.05) is 30.4 Å². The molecule has 1 aromatic carbocycles. The average Bonchev–Trinajstić information content (AvgIpc) is 3.54. The Bertz CT molecular complexity index is 1490. The van der Waals surface area contributed by atoms with Crippen molar-refractivity contribution in [3.05, 3.63) is 53.9 Å². The molecule has 1 N–H and O–H groups in total. The average molecular weight is 527 g/mol. The number of hydrogen-bond acceptors (Lipinski definition) is 9. The van der Waals surface area contributed by atoms with Crippen molar-refractivity contribution < 1.29 is 13.2 Å². The van der Waals surface area contributed by atoms with Gasteiger partial charge in [-0.25, -0.2) is 27.2 Å². The number of nitrogens with one attached hydrogen (secondary N) is 1. The van der Waals surface area contributed by atoms with E-state index in [2.05, 4.69) is 32.4 Å². The Balaban J connectivity index is 1.43. The highest BCUT2D eigenvalue weighted by Crippen LogP contribution is 2.31. The molecule has 0 radical (unpaired) electrons. The molecule has 36 heavy (non-hydrogen) atoms. The number of likely N-dealkylation sites (tertiary alicyclic amines) is 1. The zero-order chi connectivity index (χ0) is 25.4. The highest BCUT2D eigenvalue weighted by molar-refractivity contribution is 7.90. The molecule has 4 aromatic rings. The number of anilines is 2. The fraction of sp³-hybridized carbons (Fsp3) is 0.348. The van der Waals surface area contributed by atoms with Gasteiger partial charge in [-0.3, -0.25) is 5.32 Å². The predicted molar refractivity (Wildman–Crippen MR) is 138 cm³/mol. The van der Waals surface area contributed by atoms with Gasteiger partial charge in [-0.15, -0.1) is 10.2 Å². The summed E-state index contributed by atoms with van der Waals surface area (Å²) in [4.78, 5) is 25.6. The number of urea groups is 1. The van der Waals surface area contributed by atoms with Crippen molar-refractivity contribution in [2.24, 2.45) is 5.92 Å². The monoisotopic (exact) mass is 526 g/mol. The van der Waals surface area contributed by atoms with Gasteiger partial charge in [-0.1, -0.05) is 36.0 Å². The molecule has 0 saturated carbocycles. The van der Waals surface area contributed by atoms with E-state index >= 15 is 0 Å². The Morgan fingerprint density at radius 3 is 2.69 bits per heavy atom. The summed E-state index contributed by atoms with van der Waals surface area (Å²) < 4.78 is 27.9. The van der Waals surface area contributed by atoms with Crippen LogP contribution in [0.25, 0.3) is 11.0 Å². The maximum atomic E-state index is 13.3. The topological polar surface area (TPSA) is 126 Å². The first-order valence-electron chi connectivity index (χ1n) is 11.4. The van der Waals surface area contributed by atoms with Gasteiger partial charge in [0.1, 0.15) is 17.7 Å². The van der Waals surface area contributed by atoms with Crippen LogP contribution in [-0.4, -0.2) is 69.7 Å². The molecule has 1 aliphatic heterocycles. The minimum atomic E-state index is -3.83. The summed E-state index contributed by atoms with van der Waals surface area (Å²) in [5, 5.41) is 11.5. The van der Waals surface area contributed by atoms with Crippen LogP contribution >= 0.6 is 11.3 Å². The van der Waals surface area contributed by atoms with Crippen LogP contribution in [0.3, 0.4) is 0 Å². The van der Waals surface area contributed by atoms with Gasteiger partial charge in [-0.05, 0) is 37.5 Å². The number of nitrogens with zero attached hydrogens (tertiary/aromatic N) is 7. The maximum absolute atomic E-state index is 13.3. The molecule has 3 aromatic heterocycles. The summed E-state index contributed by atoms with van der Waals surface area (Å²) in [6.45, 7) is 5.16. The van der Waals surface area contributed by atoms with Gasteiger partial charge in [0.25, 0.3) is 10.0 Å². The standard InChI is InChI=1S/C23H26N8O3S2/c1-15-4-6-17(7-5-15)36(33,34)31-11-9-18-20(24-13-25-21(18)31)29(3)19-12-30(10-8-16(19)2)23(32)27-22-28-26-14-35-22/h4-7,9,11,13-14,16,19H,8,10,12H2,1-3H3,(H,27,28,32). The number of likely N-dealkylation sites (N-methyl/N-ethyl adjacent to an activating group) is 1. The third kappa shape index (κ3) is 4.39. The lowest BCUT2D eigenvalue weighted by Crippen LogP contribution is -2.53. The lowest BCUT2D eigenvalue weighted by molar-refractivity contribution is 0.172. The Labute approximate surface area is 212 Å². The first-order chi connectivity index (χ1) is 17.3. The highest BCUT2D eigenvalue weighted by atomic mass is 32.2. The molecule has 11 nitrogen and oxygen atoms in total. The SMILES string of the molecule is Cc1ccc(S(=O)(=O)n2ccc3c(N(C)C4CN(C(=O)Nc5nncs5)CCC4C)ncnc32)cc1. The molecule has 1 fully saturated rings. The highest BCUT2D eigenvalue weighted by Gasteiger charge is 2.33. The van der Waals surface area contributed by atoms with E-state index in [1.807, 2.05) is 18.9 Å². The van der Waals surface area contributed by atoms with Crippen LogP contribution in [0.5, 0.6) is 0 Å². The number of fused-ring (bicyclic) bond motifs is 1. The molecule has 2 unspecified atom stereocenters. The smallest absolute Gasteiger partial charge is 0.323 e. The number of aryl methyl sites for hydroxylation is 1. The number of amides is 2. The van der Waals surface area contributed by atoms with Gasteiger partial charge in [0.05, 0.1) is 16.3 Å². The molecular weight excluding hydrogens is 500 g/mol. The molecule has 5 rings (SSSR count). The van der Waals surface area contributed by atoms with Gasteiger partial charge in [0, 0.05) is 26.3 Å². The summed E-state index contributed by atoms with van der Waals surface area (Å²) >= 11 is 1.26. The fourth-order valence-electron chi connectivity index (χ4n) is 4.51. The van der Waals surface area contributed by atoms with E-state index < -0.39 is 10.0 Å². The number of piperidine rings is 1. The minimum Gasteiger partial charge on any atom is -0.354 e. The molecule has 13 heteroatoms. The normalized spacial score (nSPS) is 18.4. The second kappa shape index (κ2) is 9.47. The molecular formula is C23H26N8O3S2. The zero-order valence-corrected chi connectivity index (χ0v) is 21.7. The summed E-state index contributed by atoms with van der Waals surface area (Å²) in [7, 11) is -1.91. The molecule has 1 saturated heterocycles. The summed E-state index contributed by atoms with van der Waals surface area (Å²) in [6, 6.07) is 8.19. The van der Waals surface area contributed by atoms with Crippen molar-refractivity contribution in [3.8, 4) is 0 Å². The fourth-order valence-corrected chi connectivity index (χ4v) is 6.24. The lowest BCUT2D eigenvalue weighted by atomic mass is 9.92. The van der Waals surface area contributed by atoms with Gasteiger partial charge < -0.3 is 9.80 Å². The van der Waals surface area contributed by atoms with Crippen molar-refractivity contribution in [3.63, 3.8) is 0 Å². The van der Waals surface area contributed by atoms with Crippen molar-refractivity contribution in [1.29, 1.82) is 0 Å². The Kier molecular flexibility index (Phi) is 6.35. The summed E-state index contributed by atoms with van der Waals surface area (Å²) in [5.74, 6) is 0.894. The number of rotatable bonds is 5. The van der Waals surface area contributed by atoms with Crippen LogP contribution in [0.15, 0.2) is 53.3 Å². The maximum Gasteiger partial charge on any atom is 0.323 e. The van der Waals surface area contributed by atoms with Gasteiger partial charge in [0.2, 0.25) is 5.13 Å². The zero-order valence-electron chi connectivity index (χ0n) is 20.1. The minimum absolute atomic E-state index is 0.0333. The van der Waals surface area contributed by atoms with Gasteiger partial charge >= 0.3 is 6.03 Å². The van der Waals surface area contributed by atoms with Crippen molar-refractivity contribution >= 4 is 49.4 Å². The molecule has 4 heterocycles. The van der Waals surface area contributed by atoms with Crippen LogP contribution in [0, 0.1) is 12.8 Å². The van der Waals surface area contributed by atoms with Crippen LogP contribution in [0.1, 0.15) is 18.9 Å². The Morgan fingerprint density at radius 2 is 1.97 bits per heavy atom. The molecule has 1 aliphatic rings. The molecule has 188 valence electrons. The molecule has 2 atom stereocenters. The third-order valence-corrected chi connectivity index (χ3v) is 8.90. The van der Waals surface area contributed by atoms with Crippen LogP contribution in [-0.2, 0) is 10.0 Å². The number of aromatic nitrogens is 5. The van der Waals surface area contributed by atoms with E-state index in [0.717, 1.165) is 12.0 Å². The Hall–Kier alpha value is -3.58. The van der Waals surface area contributed by atoms with Crippen molar-refractivity contribution in [1.82, 2.24) is 29.0 Å². The van der Waals surface area contributed by atoms with E-state index in [0.29, 0.717) is 35.1 Å². The second-order valence-electron chi connectivity index (χ2n) is 8.93. The van der Waals surface area contributed by atoms with Gasteiger partial charge in [-0.2, -0.15) is 0 Å². The third-order valence-electron chi connectivity index (χ3n) is 6.62. The first-order valence-corrected chi connectivity index (χ1v) is 13.8. The van der Waals surface area contributed by atoms with E-state index in [1.54, 1.807) is 40.7 Å². The number of carbonyl (C=O) groups is 1. The van der Waals surface area contributed by atoms with E-state index in [1.165, 1.54) is 27.8 Å². The van der Waals surface area contributed by atoms with Crippen LogP contribution in [0.4, 0.5) is 15.7 Å². The summed E-state index contributed by atoms with van der Waals surface area (Å²) in [6.07, 6.45) is 3.70. The number of hydrogen-bond donors (Lipinski definition) is 1. The first kappa shape index (κ1) is 24.1.